The maximum absolute atomic E-state index is 12.0. The molecule has 0 amide bonds. The van der Waals surface area contributed by atoms with Gasteiger partial charge >= 0.3 is 5.97 Å². The molecule has 134 valence electrons. The second-order valence-electron chi connectivity index (χ2n) is 5.95. The van der Waals surface area contributed by atoms with Crippen LogP contribution in [-0.2, 0) is 14.8 Å². The molecule has 0 spiro atoms. The van der Waals surface area contributed by atoms with Gasteiger partial charge in [0.25, 0.3) is 5.82 Å². The van der Waals surface area contributed by atoms with Crippen molar-refractivity contribution >= 4 is 16.0 Å². The number of rotatable bonds is 5. The van der Waals surface area contributed by atoms with E-state index in [1.165, 1.54) is 12.1 Å². The number of nitrogens with two attached hydrogens (primary N) is 1. The zero-order chi connectivity index (χ0) is 18.0. The fourth-order valence-corrected chi connectivity index (χ4v) is 3.54. The van der Waals surface area contributed by atoms with Gasteiger partial charge in [-0.3, -0.25) is 0 Å². The molecule has 0 aliphatic heterocycles. The summed E-state index contributed by atoms with van der Waals surface area (Å²) < 4.78 is 29.4. The summed E-state index contributed by atoms with van der Waals surface area (Å²) in [6.07, 6.45) is 4.18. The van der Waals surface area contributed by atoms with E-state index in [1.54, 1.807) is 23.7 Å². The molecule has 1 saturated carbocycles. The Hall–Kier alpha value is -2.26. The van der Waals surface area contributed by atoms with Gasteiger partial charge in [0, 0.05) is 5.92 Å². The third kappa shape index (κ3) is 3.72. The molecule has 2 aromatic rings. The normalized spacial score (nSPS) is 15.4. The van der Waals surface area contributed by atoms with Crippen LogP contribution in [0.1, 0.15) is 55.0 Å². The van der Waals surface area contributed by atoms with Gasteiger partial charge in [-0.15, -0.1) is 5.10 Å². The van der Waals surface area contributed by atoms with Crippen molar-refractivity contribution < 1.29 is 17.9 Å². The number of nitrogens with zero attached hydrogens (tertiary/aromatic N) is 3. The summed E-state index contributed by atoms with van der Waals surface area (Å²) >= 11 is 0. The summed E-state index contributed by atoms with van der Waals surface area (Å²) in [6.45, 7) is 1.97. The van der Waals surface area contributed by atoms with Crippen LogP contribution in [0.4, 0.5) is 0 Å². The van der Waals surface area contributed by atoms with Crippen LogP contribution in [0.2, 0.25) is 0 Å². The molecular formula is C16H20N4O4S. The number of hydrogen-bond acceptors (Lipinski definition) is 6. The number of primary sulfonamides is 1. The average molecular weight is 364 g/mol. The molecule has 1 aromatic heterocycles. The molecule has 2 N–H and O–H groups in total. The van der Waals surface area contributed by atoms with E-state index < -0.39 is 16.0 Å². The minimum Gasteiger partial charge on any atom is -0.460 e. The van der Waals surface area contributed by atoms with Crippen LogP contribution >= 0.6 is 0 Å². The standard InChI is InChI=1S/C16H20N4O4S/c1-2-24-16(21)14-18-15(11-5-3-4-6-11)20(19-14)12-7-9-13(10-8-12)25(17,22)23/h7-11H,2-6H2,1H3,(H2,17,22,23). The van der Waals surface area contributed by atoms with Gasteiger partial charge in [-0.1, -0.05) is 12.8 Å². The summed E-state index contributed by atoms with van der Waals surface area (Å²) in [6, 6.07) is 6.02. The predicted molar refractivity (Wildman–Crippen MR) is 89.9 cm³/mol. The molecular weight excluding hydrogens is 344 g/mol. The molecule has 1 aliphatic rings. The van der Waals surface area contributed by atoms with Crippen LogP contribution in [0.3, 0.4) is 0 Å². The number of esters is 1. The number of carbonyl (C=O) groups is 1. The zero-order valence-electron chi connectivity index (χ0n) is 13.9. The summed E-state index contributed by atoms with van der Waals surface area (Å²) in [5, 5.41) is 9.41. The van der Waals surface area contributed by atoms with Crippen molar-refractivity contribution in [3.8, 4) is 5.69 Å². The predicted octanol–water partition coefficient (Wildman–Crippen LogP) is 1.75. The lowest BCUT2D eigenvalue weighted by atomic mass is 10.1. The molecule has 0 atom stereocenters. The van der Waals surface area contributed by atoms with Crippen LogP contribution < -0.4 is 5.14 Å². The second-order valence-corrected chi connectivity index (χ2v) is 7.51. The van der Waals surface area contributed by atoms with Crippen LogP contribution in [0.15, 0.2) is 29.2 Å². The number of carbonyl (C=O) groups excluding carboxylic acids is 1. The molecule has 0 unspecified atom stereocenters. The number of ether oxygens (including phenoxy) is 1. The van der Waals surface area contributed by atoms with Crippen molar-refractivity contribution in [2.24, 2.45) is 5.14 Å². The lowest BCUT2D eigenvalue weighted by Gasteiger charge is -2.11. The molecule has 1 fully saturated rings. The molecule has 1 aromatic carbocycles. The van der Waals surface area contributed by atoms with Gasteiger partial charge < -0.3 is 4.74 Å². The van der Waals surface area contributed by atoms with Crippen LogP contribution in [0.25, 0.3) is 5.69 Å². The molecule has 0 saturated heterocycles. The fourth-order valence-electron chi connectivity index (χ4n) is 3.02. The number of benzene rings is 1. The first-order chi connectivity index (χ1) is 11.9. The zero-order valence-corrected chi connectivity index (χ0v) is 14.7. The van der Waals surface area contributed by atoms with Gasteiger partial charge in [0.2, 0.25) is 10.0 Å². The Labute approximate surface area is 146 Å². The molecule has 0 radical (unpaired) electrons. The van der Waals surface area contributed by atoms with Crippen molar-refractivity contribution in [3.05, 3.63) is 35.9 Å². The molecule has 3 rings (SSSR count). The van der Waals surface area contributed by atoms with Crippen LogP contribution in [0, 0.1) is 0 Å². The van der Waals surface area contributed by atoms with Gasteiger partial charge in [-0.2, -0.15) is 0 Å². The Kier molecular flexibility index (Phi) is 4.87. The van der Waals surface area contributed by atoms with E-state index in [1.807, 2.05) is 0 Å². The second kappa shape index (κ2) is 6.93. The minimum absolute atomic E-state index is 0.0132. The van der Waals surface area contributed by atoms with Gasteiger partial charge in [0.05, 0.1) is 17.2 Å². The van der Waals surface area contributed by atoms with E-state index in [9.17, 15) is 13.2 Å². The van der Waals surface area contributed by atoms with E-state index in [-0.39, 0.29) is 23.2 Å². The van der Waals surface area contributed by atoms with Gasteiger partial charge in [0.1, 0.15) is 5.82 Å². The third-order valence-corrected chi connectivity index (χ3v) is 5.15. The van der Waals surface area contributed by atoms with Crippen molar-refractivity contribution in [1.29, 1.82) is 0 Å². The van der Waals surface area contributed by atoms with Gasteiger partial charge in [-0.25, -0.2) is 28.0 Å². The summed E-state index contributed by atoms with van der Waals surface area (Å²) in [5.41, 5.74) is 0.623. The lowest BCUT2D eigenvalue weighted by molar-refractivity contribution is 0.0512. The summed E-state index contributed by atoms with van der Waals surface area (Å²) in [4.78, 5) is 16.4. The Morgan fingerprint density at radius 2 is 1.92 bits per heavy atom. The van der Waals surface area contributed by atoms with Crippen molar-refractivity contribution in [2.75, 3.05) is 6.61 Å². The summed E-state index contributed by atoms with van der Waals surface area (Å²) in [5.74, 6) is 0.360. The molecule has 8 nitrogen and oxygen atoms in total. The average Bonchev–Trinajstić information content (AvgIpc) is 3.24. The lowest BCUT2D eigenvalue weighted by Crippen LogP contribution is -2.12. The first-order valence-corrected chi connectivity index (χ1v) is 9.72. The van der Waals surface area contributed by atoms with E-state index in [0.29, 0.717) is 11.5 Å². The Balaban J connectivity index is 2.02. The minimum atomic E-state index is -3.76. The molecule has 25 heavy (non-hydrogen) atoms. The Morgan fingerprint density at radius 3 is 2.48 bits per heavy atom. The third-order valence-electron chi connectivity index (χ3n) is 4.22. The van der Waals surface area contributed by atoms with E-state index in [0.717, 1.165) is 25.7 Å². The molecule has 1 aliphatic carbocycles. The Morgan fingerprint density at radius 1 is 1.28 bits per heavy atom. The first kappa shape index (κ1) is 17.6. The van der Waals surface area contributed by atoms with E-state index >= 15 is 0 Å². The maximum Gasteiger partial charge on any atom is 0.378 e. The van der Waals surface area contributed by atoms with Gasteiger partial charge in [0.15, 0.2) is 0 Å². The first-order valence-electron chi connectivity index (χ1n) is 8.17. The van der Waals surface area contributed by atoms with Crippen LogP contribution in [-0.4, -0.2) is 35.8 Å². The highest BCUT2D eigenvalue weighted by molar-refractivity contribution is 7.89. The highest BCUT2D eigenvalue weighted by Crippen LogP contribution is 2.34. The maximum atomic E-state index is 12.0. The number of hydrogen-bond donors (Lipinski definition) is 1. The van der Waals surface area contributed by atoms with Crippen molar-refractivity contribution in [3.63, 3.8) is 0 Å². The molecule has 9 heteroatoms. The smallest absolute Gasteiger partial charge is 0.378 e. The SMILES string of the molecule is CCOC(=O)c1nc(C2CCCC2)n(-c2ccc(S(N)(=O)=O)cc2)n1. The number of aromatic nitrogens is 3. The highest BCUT2D eigenvalue weighted by atomic mass is 32.2. The monoisotopic (exact) mass is 364 g/mol. The van der Waals surface area contributed by atoms with E-state index in [2.05, 4.69) is 10.1 Å². The Bertz CT molecular complexity index is 868. The summed E-state index contributed by atoms with van der Waals surface area (Å²) in [7, 11) is -3.76. The largest absolute Gasteiger partial charge is 0.460 e. The molecule has 0 bridgehead atoms. The topological polar surface area (TPSA) is 117 Å². The van der Waals surface area contributed by atoms with E-state index in [4.69, 9.17) is 9.88 Å². The quantitative estimate of drug-likeness (QED) is 0.808. The van der Waals surface area contributed by atoms with Crippen molar-refractivity contribution in [1.82, 2.24) is 14.8 Å². The van der Waals surface area contributed by atoms with Crippen molar-refractivity contribution in [2.45, 2.75) is 43.4 Å². The molecule has 1 heterocycles. The van der Waals surface area contributed by atoms with Gasteiger partial charge in [-0.05, 0) is 44.0 Å². The fraction of sp³-hybridized carbons (Fsp3) is 0.438. The highest BCUT2D eigenvalue weighted by Gasteiger charge is 2.27. The number of sulfonamides is 1. The van der Waals surface area contributed by atoms with Crippen LogP contribution in [0.5, 0.6) is 0 Å².